The van der Waals surface area contributed by atoms with Crippen molar-refractivity contribution in [3.05, 3.63) is 69.8 Å². The number of benzene rings is 2. The number of hydrogen-bond donors (Lipinski definition) is 2. The van der Waals surface area contributed by atoms with Gasteiger partial charge in [0, 0.05) is 24.4 Å². The molecule has 0 saturated heterocycles. The molecule has 0 spiro atoms. The number of aliphatic hydroxyl groups excluding tert-OH is 1. The highest BCUT2D eigenvalue weighted by Crippen LogP contribution is 2.25. The molecule has 0 saturated carbocycles. The zero-order valence-electron chi connectivity index (χ0n) is 13.1. The summed E-state index contributed by atoms with van der Waals surface area (Å²) < 4.78 is 5.41. The first-order valence-electron chi connectivity index (χ1n) is 7.42. The number of anilines is 1. The zero-order valence-corrected chi connectivity index (χ0v) is 13.1. The van der Waals surface area contributed by atoms with Crippen molar-refractivity contribution < 1.29 is 19.6 Å². The van der Waals surface area contributed by atoms with Crippen LogP contribution in [0, 0.1) is 10.1 Å². The van der Waals surface area contributed by atoms with Crippen LogP contribution in [0.5, 0.6) is 0 Å². The second kappa shape index (κ2) is 8.07. The summed E-state index contributed by atoms with van der Waals surface area (Å²) in [6, 6.07) is 13.1. The number of ether oxygens (including phenoxy) is 1. The van der Waals surface area contributed by atoms with Crippen molar-refractivity contribution in [3.8, 4) is 0 Å². The Morgan fingerprint density at radius 1 is 1.29 bits per heavy atom. The molecule has 2 aromatic rings. The number of nitrogens with one attached hydrogen (secondary N) is 1. The fraction of sp³-hybridized carbons (Fsp3) is 0.235. The van der Waals surface area contributed by atoms with Crippen molar-refractivity contribution in [1.29, 1.82) is 0 Å². The predicted molar refractivity (Wildman–Crippen MR) is 88.9 cm³/mol. The SMILES string of the molecule is C[C@H](OC(=O)c1cc([N+](=O)[O-])ccc1NCCO)c1ccccc1. The Kier molecular flexibility index (Phi) is 5.86. The second-order valence-electron chi connectivity index (χ2n) is 5.10. The second-order valence-corrected chi connectivity index (χ2v) is 5.10. The average molecular weight is 330 g/mol. The molecule has 7 heteroatoms. The van der Waals surface area contributed by atoms with Crippen molar-refractivity contribution in [3.63, 3.8) is 0 Å². The van der Waals surface area contributed by atoms with Gasteiger partial charge in [0.15, 0.2) is 0 Å². The van der Waals surface area contributed by atoms with E-state index in [0.29, 0.717) is 5.69 Å². The quantitative estimate of drug-likeness (QED) is 0.460. The smallest absolute Gasteiger partial charge is 0.341 e. The maximum absolute atomic E-state index is 12.4. The summed E-state index contributed by atoms with van der Waals surface area (Å²) in [5.74, 6) is -0.671. The third kappa shape index (κ3) is 4.30. The normalized spacial score (nSPS) is 11.6. The molecule has 0 aliphatic carbocycles. The minimum Gasteiger partial charge on any atom is -0.454 e. The molecular weight excluding hydrogens is 312 g/mol. The average Bonchev–Trinajstić information content (AvgIpc) is 2.60. The first-order valence-corrected chi connectivity index (χ1v) is 7.42. The highest BCUT2D eigenvalue weighted by Gasteiger charge is 2.20. The molecule has 0 aliphatic heterocycles. The van der Waals surface area contributed by atoms with Crippen molar-refractivity contribution >= 4 is 17.3 Å². The third-order valence-electron chi connectivity index (χ3n) is 3.41. The number of nitrogens with zero attached hydrogens (tertiary/aromatic N) is 1. The van der Waals surface area contributed by atoms with E-state index in [0.717, 1.165) is 5.56 Å². The Hall–Kier alpha value is -2.93. The number of carbonyl (C=O) groups excluding carboxylic acids is 1. The summed E-state index contributed by atoms with van der Waals surface area (Å²) in [6.45, 7) is 1.81. The lowest BCUT2D eigenvalue weighted by Gasteiger charge is -2.16. The lowest BCUT2D eigenvalue weighted by atomic mass is 10.1. The number of nitro benzene ring substituents is 1. The Morgan fingerprint density at radius 3 is 2.62 bits per heavy atom. The van der Waals surface area contributed by atoms with Gasteiger partial charge in [-0.1, -0.05) is 30.3 Å². The van der Waals surface area contributed by atoms with E-state index in [1.165, 1.54) is 18.2 Å². The minimum absolute atomic E-state index is 0.0560. The first-order chi connectivity index (χ1) is 11.5. The van der Waals surface area contributed by atoms with Gasteiger partial charge in [-0.3, -0.25) is 10.1 Å². The first kappa shape index (κ1) is 17.4. The van der Waals surface area contributed by atoms with Gasteiger partial charge in [0.1, 0.15) is 6.10 Å². The molecule has 2 N–H and O–H groups in total. The van der Waals surface area contributed by atoms with E-state index < -0.39 is 17.0 Å². The van der Waals surface area contributed by atoms with Gasteiger partial charge >= 0.3 is 5.97 Å². The molecule has 0 radical (unpaired) electrons. The fourth-order valence-corrected chi connectivity index (χ4v) is 2.18. The summed E-state index contributed by atoms with van der Waals surface area (Å²) in [5, 5.41) is 22.7. The Labute approximate surface area is 139 Å². The molecule has 2 rings (SSSR count). The third-order valence-corrected chi connectivity index (χ3v) is 3.41. The van der Waals surface area contributed by atoms with Gasteiger partial charge in [-0.05, 0) is 18.6 Å². The van der Waals surface area contributed by atoms with E-state index in [1.807, 2.05) is 30.3 Å². The van der Waals surface area contributed by atoms with Gasteiger partial charge < -0.3 is 15.2 Å². The van der Waals surface area contributed by atoms with Gasteiger partial charge in [0.25, 0.3) is 5.69 Å². The molecule has 0 heterocycles. The Balaban J connectivity index is 2.25. The van der Waals surface area contributed by atoms with Gasteiger partial charge in [-0.25, -0.2) is 4.79 Å². The van der Waals surface area contributed by atoms with Crippen LogP contribution in [0.1, 0.15) is 28.9 Å². The van der Waals surface area contributed by atoms with Crippen molar-refractivity contribution in [2.24, 2.45) is 0 Å². The van der Waals surface area contributed by atoms with Crippen molar-refractivity contribution in [1.82, 2.24) is 0 Å². The number of carbonyl (C=O) groups is 1. The van der Waals surface area contributed by atoms with Crippen LogP contribution in [0.15, 0.2) is 48.5 Å². The Morgan fingerprint density at radius 2 is 2.00 bits per heavy atom. The minimum atomic E-state index is -0.671. The number of non-ortho nitro benzene ring substituents is 1. The van der Waals surface area contributed by atoms with Crippen LogP contribution in [-0.4, -0.2) is 29.2 Å². The molecule has 7 nitrogen and oxygen atoms in total. The van der Waals surface area contributed by atoms with Gasteiger partial charge in [-0.2, -0.15) is 0 Å². The summed E-state index contributed by atoms with van der Waals surface area (Å²) in [7, 11) is 0. The van der Waals surface area contributed by atoms with Crippen molar-refractivity contribution in [2.75, 3.05) is 18.5 Å². The number of rotatable bonds is 7. The summed E-state index contributed by atoms with van der Waals surface area (Å²) in [4.78, 5) is 22.8. The van der Waals surface area contributed by atoms with E-state index in [4.69, 9.17) is 9.84 Å². The fourth-order valence-electron chi connectivity index (χ4n) is 2.18. The standard InChI is InChI=1S/C17H18N2O5/c1-12(13-5-3-2-4-6-13)24-17(21)15-11-14(19(22)23)7-8-16(15)18-9-10-20/h2-8,11-12,18,20H,9-10H2,1H3/t12-/m0/s1. The number of nitro groups is 1. The molecule has 0 fully saturated rings. The molecule has 2 aromatic carbocycles. The molecule has 0 aromatic heterocycles. The van der Waals surface area contributed by atoms with E-state index in [9.17, 15) is 14.9 Å². The van der Waals surface area contributed by atoms with Crippen LogP contribution < -0.4 is 5.32 Å². The van der Waals surface area contributed by atoms with Gasteiger partial charge in [-0.15, -0.1) is 0 Å². The molecule has 0 aliphatic rings. The van der Waals surface area contributed by atoms with E-state index in [2.05, 4.69) is 5.32 Å². The van der Waals surface area contributed by atoms with E-state index in [1.54, 1.807) is 6.92 Å². The number of hydrogen-bond acceptors (Lipinski definition) is 6. The topological polar surface area (TPSA) is 102 Å². The van der Waals surface area contributed by atoms with Gasteiger partial charge in [0.2, 0.25) is 0 Å². The number of aliphatic hydroxyl groups is 1. The molecule has 24 heavy (non-hydrogen) atoms. The van der Waals surface area contributed by atoms with Crippen molar-refractivity contribution in [2.45, 2.75) is 13.0 Å². The molecule has 0 bridgehead atoms. The highest BCUT2D eigenvalue weighted by molar-refractivity contribution is 5.96. The molecular formula is C17H18N2O5. The summed E-state index contributed by atoms with van der Waals surface area (Å²) in [5.41, 5.74) is 1.05. The molecule has 0 unspecified atom stereocenters. The van der Waals surface area contributed by atoms with Crippen LogP contribution in [0.4, 0.5) is 11.4 Å². The van der Waals surface area contributed by atoms with Crippen LogP contribution in [0.2, 0.25) is 0 Å². The van der Waals surface area contributed by atoms with Gasteiger partial charge in [0.05, 0.1) is 17.1 Å². The van der Waals surface area contributed by atoms with Crippen LogP contribution in [0.25, 0.3) is 0 Å². The molecule has 126 valence electrons. The van der Waals surface area contributed by atoms with Crippen LogP contribution in [0.3, 0.4) is 0 Å². The monoisotopic (exact) mass is 330 g/mol. The highest BCUT2D eigenvalue weighted by atomic mass is 16.6. The van der Waals surface area contributed by atoms with Crippen LogP contribution in [-0.2, 0) is 4.74 Å². The Bertz CT molecular complexity index is 718. The zero-order chi connectivity index (χ0) is 17.5. The predicted octanol–water partition coefficient (Wildman–Crippen LogP) is 2.92. The number of esters is 1. The lowest BCUT2D eigenvalue weighted by molar-refractivity contribution is -0.384. The summed E-state index contributed by atoms with van der Waals surface area (Å²) >= 11 is 0. The molecule has 0 amide bonds. The molecule has 1 atom stereocenters. The maximum atomic E-state index is 12.4. The van der Waals surface area contributed by atoms with Crippen LogP contribution >= 0.6 is 0 Å². The summed E-state index contributed by atoms with van der Waals surface area (Å²) in [6.07, 6.45) is -0.497. The maximum Gasteiger partial charge on any atom is 0.341 e. The largest absolute Gasteiger partial charge is 0.454 e. The lowest BCUT2D eigenvalue weighted by Crippen LogP contribution is -2.14. The van der Waals surface area contributed by atoms with E-state index in [-0.39, 0.29) is 24.4 Å². The van der Waals surface area contributed by atoms with E-state index >= 15 is 0 Å².